The third kappa shape index (κ3) is 4.16. The number of carbonyl (C=O) groups is 1. The van der Waals surface area contributed by atoms with Gasteiger partial charge in [0.25, 0.3) is 0 Å². The van der Waals surface area contributed by atoms with Crippen molar-refractivity contribution in [2.24, 2.45) is 0 Å². The lowest BCUT2D eigenvalue weighted by Gasteiger charge is -2.10. The van der Waals surface area contributed by atoms with Gasteiger partial charge in [-0.2, -0.15) is 13.2 Å². The molecule has 2 N–H and O–H groups in total. The number of halogens is 5. The summed E-state index contributed by atoms with van der Waals surface area (Å²) in [4.78, 5) is 10.8. The Morgan fingerprint density at radius 2 is 1.81 bits per heavy atom. The third-order valence-corrected chi connectivity index (χ3v) is 2.17. The van der Waals surface area contributed by atoms with Gasteiger partial charge in [0, 0.05) is 5.69 Å². The lowest BCUT2D eigenvalue weighted by atomic mass is 10.3. The second-order valence-electron chi connectivity index (χ2n) is 2.71. The SMILES string of the molecule is O=C(Nc1ccc(Cl)c(Cl)c1)NC(F)(F)F. The van der Waals surface area contributed by atoms with Crippen molar-refractivity contribution in [3.8, 4) is 0 Å². The van der Waals surface area contributed by atoms with Crippen molar-refractivity contribution in [1.82, 2.24) is 5.32 Å². The van der Waals surface area contributed by atoms with Crippen LogP contribution in [-0.4, -0.2) is 12.3 Å². The molecule has 1 rings (SSSR count). The predicted octanol–water partition coefficient (Wildman–Crippen LogP) is 3.63. The normalized spacial score (nSPS) is 11.1. The van der Waals surface area contributed by atoms with E-state index in [4.69, 9.17) is 23.2 Å². The highest BCUT2D eigenvalue weighted by Crippen LogP contribution is 2.25. The van der Waals surface area contributed by atoms with Crippen LogP contribution in [0.2, 0.25) is 10.0 Å². The molecule has 0 aliphatic carbocycles. The van der Waals surface area contributed by atoms with Crippen LogP contribution < -0.4 is 10.6 Å². The highest BCUT2D eigenvalue weighted by Gasteiger charge is 2.29. The van der Waals surface area contributed by atoms with Crippen LogP contribution in [-0.2, 0) is 0 Å². The minimum Gasteiger partial charge on any atom is -0.308 e. The molecule has 0 spiro atoms. The zero-order valence-corrected chi connectivity index (χ0v) is 9.04. The van der Waals surface area contributed by atoms with Gasteiger partial charge in [0.05, 0.1) is 10.0 Å². The number of hydrogen-bond donors (Lipinski definition) is 2. The molecule has 3 nitrogen and oxygen atoms in total. The van der Waals surface area contributed by atoms with E-state index in [9.17, 15) is 18.0 Å². The average Bonchev–Trinajstić information content (AvgIpc) is 2.08. The fraction of sp³-hybridized carbons (Fsp3) is 0.125. The molecule has 1 aromatic rings. The number of carbonyl (C=O) groups excluding carboxylic acids is 1. The number of amides is 2. The van der Waals surface area contributed by atoms with Crippen molar-refractivity contribution in [1.29, 1.82) is 0 Å². The highest BCUT2D eigenvalue weighted by molar-refractivity contribution is 6.42. The van der Waals surface area contributed by atoms with Crippen molar-refractivity contribution in [2.75, 3.05) is 5.32 Å². The van der Waals surface area contributed by atoms with Gasteiger partial charge in [0.2, 0.25) is 0 Å². The molecule has 0 fully saturated rings. The Morgan fingerprint density at radius 3 is 2.31 bits per heavy atom. The van der Waals surface area contributed by atoms with E-state index in [1.54, 1.807) is 0 Å². The second kappa shape index (κ2) is 4.80. The number of anilines is 1. The van der Waals surface area contributed by atoms with E-state index in [0.717, 1.165) is 5.32 Å². The van der Waals surface area contributed by atoms with Gasteiger partial charge in [-0.05, 0) is 18.2 Å². The molecule has 0 aliphatic rings. The van der Waals surface area contributed by atoms with Gasteiger partial charge in [-0.15, -0.1) is 0 Å². The summed E-state index contributed by atoms with van der Waals surface area (Å²) in [7, 11) is 0. The molecule has 0 saturated carbocycles. The Bertz CT molecular complexity index is 409. The molecular weight excluding hydrogens is 268 g/mol. The van der Waals surface area contributed by atoms with Crippen LogP contribution in [0.25, 0.3) is 0 Å². The lowest BCUT2D eigenvalue weighted by molar-refractivity contribution is -0.144. The van der Waals surface area contributed by atoms with Crippen LogP contribution in [0.15, 0.2) is 18.2 Å². The highest BCUT2D eigenvalue weighted by atomic mass is 35.5. The van der Waals surface area contributed by atoms with Gasteiger partial charge >= 0.3 is 12.3 Å². The molecule has 0 unspecified atom stereocenters. The molecule has 88 valence electrons. The van der Waals surface area contributed by atoms with Crippen molar-refractivity contribution in [3.05, 3.63) is 28.2 Å². The van der Waals surface area contributed by atoms with Gasteiger partial charge in [0.1, 0.15) is 0 Å². The largest absolute Gasteiger partial charge is 0.485 e. The molecule has 0 heterocycles. The van der Waals surface area contributed by atoms with Gasteiger partial charge in [-0.25, -0.2) is 10.1 Å². The summed E-state index contributed by atoms with van der Waals surface area (Å²) in [6.07, 6.45) is -4.78. The van der Waals surface area contributed by atoms with Crippen LogP contribution in [0.3, 0.4) is 0 Å². The molecular formula is C8H5Cl2F3N2O. The molecule has 0 aromatic heterocycles. The van der Waals surface area contributed by atoms with Crippen molar-refractivity contribution < 1.29 is 18.0 Å². The van der Waals surface area contributed by atoms with E-state index in [-0.39, 0.29) is 15.7 Å². The Morgan fingerprint density at radius 1 is 1.19 bits per heavy atom. The number of alkyl halides is 3. The molecule has 0 saturated heterocycles. The molecule has 1 aromatic carbocycles. The Labute approximate surface area is 98.5 Å². The Hall–Kier alpha value is -1.14. The molecule has 2 amide bonds. The minimum absolute atomic E-state index is 0.108. The summed E-state index contributed by atoms with van der Waals surface area (Å²) in [5, 5.41) is 3.10. The van der Waals surface area contributed by atoms with Crippen LogP contribution in [0, 0.1) is 0 Å². The van der Waals surface area contributed by atoms with Gasteiger partial charge in [-0.1, -0.05) is 23.2 Å². The minimum atomic E-state index is -4.78. The quantitative estimate of drug-likeness (QED) is 0.753. The number of benzene rings is 1. The van der Waals surface area contributed by atoms with E-state index in [2.05, 4.69) is 0 Å². The van der Waals surface area contributed by atoms with Crippen LogP contribution >= 0.6 is 23.2 Å². The molecule has 16 heavy (non-hydrogen) atoms. The molecule has 0 aliphatic heterocycles. The fourth-order valence-corrected chi connectivity index (χ4v) is 1.16. The lowest BCUT2D eigenvalue weighted by Crippen LogP contribution is -2.40. The van der Waals surface area contributed by atoms with Gasteiger partial charge < -0.3 is 5.32 Å². The number of rotatable bonds is 1. The fourth-order valence-electron chi connectivity index (χ4n) is 0.865. The predicted molar refractivity (Wildman–Crippen MR) is 54.7 cm³/mol. The molecule has 0 radical (unpaired) electrons. The van der Waals surface area contributed by atoms with Crippen molar-refractivity contribution >= 4 is 34.9 Å². The van der Waals surface area contributed by atoms with Crippen molar-refractivity contribution in [2.45, 2.75) is 6.30 Å². The molecule has 8 heteroatoms. The van der Waals surface area contributed by atoms with Gasteiger partial charge in [-0.3, -0.25) is 0 Å². The zero-order chi connectivity index (χ0) is 12.3. The maximum atomic E-state index is 11.7. The summed E-state index contributed by atoms with van der Waals surface area (Å²) in [6, 6.07) is 2.52. The first-order valence-electron chi connectivity index (χ1n) is 3.89. The number of nitrogens with one attached hydrogen (secondary N) is 2. The number of urea groups is 1. The standard InChI is InChI=1S/C8H5Cl2F3N2O/c9-5-2-1-4(3-6(5)10)14-7(16)15-8(11,12)13/h1-3H,(H2,14,15,16). The summed E-state index contributed by atoms with van der Waals surface area (Å²) in [5.41, 5.74) is 0.108. The topological polar surface area (TPSA) is 41.1 Å². The van der Waals surface area contributed by atoms with E-state index in [0.29, 0.717) is 0 Å². The first-order valence-corrected chi connectivity index (χ1v) is 4.64. The van der Waals surface area contributed by atoms with Crippen LogP contribution in [0.4, 0.5) is 23.7 Å². The van der Waals surface area contributed by atoms with E-state index in [1.165, 1.54) is 18.2 Å². The van der Waals surface area contributed by atoms with E-state index < -0.39 is 12.3 Å². The van der Waals surface area contributed by atoms with Crippen LogP contribution in [0.1, 0.15) is 0 Å². The smallest absolute Gasteiger partial charge is 0.308 e. The first kappa shape index (κ1) is 12.9. The summed E-state index contributed by atoms with van der Waals surface area (Å²) in [5.74, 6) is 0. The van der Waals surface area contributed by atoms with E-state index >= 15 is 0 Å². The van der Waals surface area contributed by atoms with Gasteiger partial charge in [0.15, 0.2) is 0 Å². The second-order valence-corrected chi connectivity index (χ2v) is 3.52. The third-order valence-electron chi connectivity index (χ3n) is 1.43. The molecule has 0 bridgehead atoms. The van der Waals surface area contributed by atoms with E-state index in [1.807, 2.05) is 5.32 Å². The summed E-state index contributed by atoms with van der Waals surface area (Å²) < 4.78 is 35.2. The average molecular weight is 273 g/mol. The molecule has 0 atom stereocenters. The Balaban J connectivity index is 2.67. The summed E-state index contributed by atoms with van der Waals surface area (Å²) >= 11 is 11.2. The Kier molecular flexibility index (Phi) is 3.88. The zero-order valence-electron chi connectivity index (χ0n) is 7.53. The summed E-state index contributed by atoms with van der Waals surface area (Å²) in [6.45, 7) is 0. The van der Waals surface area contributed by atoms with Crippen LogP contribution in [0.5, 0.6) is 0 Å². The van der Waals surface area contributed by atoms with Crippen molar-refractivity contribution in [3.63, 3.8) is 0 Å². The first-order chi connectivity index (χ1) is 7.28. The maximum absolute atomic E-state index is 11.7. The number of hydrogen-bond acceptors (Lipinski definition) is 1. The monoisotopic (exact) mass is 272 g/mol. The maximum Gasteiger partial charge on any atom is 0.485 e.